The molecule has 0 aliphatic rings. The number of aryl methyl sites for hydroxylation is 1. The monoisotopic (exact) mass is 242 g/mol. The molecule has 0 saturated heterocycles. The Balaban J connectivity index is 2.32. The lowest BCUT2D eigenvalue weighted by Gasteiger charge is -2.04. The van der Waals surface area contributed by atoms with Gasteiger partial charge < -0.3 is 9.84 Å². The Bertz CT molecular complexity index is 576. The van der Waals surface area contributed by atoms with Gasteiger partial charge in [0.05, 0.1) is 7.11 Å². The fourth-order valence-corrected chi connectivity index (χ4v) is 1.72. The molecule has 2 aromatic rings. The number of para-hydroxylation sites is 1. The number of hydrogen-bond donors (Lipinski definition) is 1. The van der Waals surface area contributed by atoms with Gasteiger partial charge >= 0.3 is 0 Å². The van der Waals surface area contributed by atoms with Crippen LogP contribution in [0.15, 0.2) is 42.6 Å². The Morgan fingerprint density at radius 1 is 1.11 bits per heavy atom. The van der Waals surface area contributed by atoms with Crippen LogP contribution in [0.25, 0.3) is 12.2 Å². The van der Waals surface area contributed by atoms with Gasteiger partial charge in [-0.25, -0.2) is 4.57 Å². The van der Waals surface area contributed by atoms with Crippen molar-refractivity contribution >= 4 is 12.2 Å². The van der Waals surface area contributed by atoms with Gasteiger partial charge in [0.15, 0.2) is 17.7 Å². The average molecular weight is 242 g/mol. The molecule has 0 unspecified atom stereocenters. The number of phenols is 1. The summed E-state index contributed by atoms with van der Waals surface area (Å²) in [6.45, 7) is 0. The Kier molecular flexibility index (Phi) is 3.63. The SMILES string of the molecule is COc1cccc(C=Cc2cccc[n+]2C)c1O. The number of ether oxygens (including phenoxy) is 1. The standard InChI is InChI=1S/C15H15NO2/c1-16-11-4-3-7-13(16)10-9-12-6-5-8-14(18-2)15(12)17/h3-11H,1-2H3/p+1. The Labute approximate surface area is 107 Å². The molecule has 1 aromatic heterocycles. The number of aromatic nitrogens is 1. The van der Waals surface area contributed by atoms with E-state index in [1.54, 1.807) is 13.2 Å². The first-order valence-corrected chi connectivity index (χ1v) is 5.71. The van der Waals surface area contributed by atoms with E-state index in [-0.39, 0.29) is 5.75 Å². The average Bonchev–Trinajstić information content (AvgIpc) is 2.39. The van der Waals surface area contributed by atoms with Crippen molar-refractivity contribution in [1.82, 2.24) is 0 Å². The van der Waals surface area contributed by atoms with Gasteiger partial charge in [0.25, 0.3) is 0 Å². The Morgan fingerprint density at radius 2 is 1.94 bits per heavy atom. The van der Waals surface area contributed by atoms with Crippen molar-refractivity contribution in [3.63, 3.8) is 0 Å². The lowest BCUT2D eigenvalue weighted by Crippen LogP contribution is -2.30. The van der Waals surface area contributed by atoms with E-state index in [1.807, 2.05) is 60.3 Å². The molecule has 0 fully saturated rings. The molecule has 2 rings (SSSR count). The summed E-state index contributed by atoms with van der Waals surface area (Å²) in [4.78, 5) is 0. The second kappa shape index (κ2) is 5.36. The number of benzene rings is 1. The van der Waals surface area contributed by atoms with E-state index in [9.17, 15) is 5.11 Å². The molecule has 1 aromatic carbocycles. The molecule has 0 bridgehead atoms. The first-order chi connectivity index (χ1) is 8.72. The van der Waals surface area contributed by atoms with Crippen LogP contribution in [-0.2, 0) is 7.05 Å². The van der Waals surface area contributed by atoms with Crippen LogP contribution in [0.2, 0.25) is 0 Å². The predicted molar refractivity (Wildman–Crippen MR) is 71.2 cm³/mol. The van der Waals surface area contributed by atoms with E-state index < -0.39 is 0 Å². The van der Waals surface area contributed by atoms with Crippen molar-refractivity contribution < 1.29 is 14.4 Å². The molecule has 3 nitrogen and oxygen atoms in total. The highest BCUT2D eigenvalue weighted by molar-refractivity contribution is 5.72. The third-order valence-corrected chi connectivity index (χ3v) is 2.78. The van der Waals surface area contributed by atoms with Crippen LogP contribution in [0, 0.1) is 0 Å². The van der Waals surface area contributed by atoms with Gasteiger partial charge in [0.1, 0.15) is 7.05 Å². The second-order valence-corrected chi connectivity index (χ2v) is 3.97. The van der Waals surface area contributed by atoms with Crippen LogP contribution in [0.5, 0.6) is 11.5 Å². The maximum atomic E-state index is 9.95. The summed E-state index contributed by atoms with van der Waals surface area (Å²) in [5.41, 5.74) is 1.79. The van der Waals surface area contributed by atoms with Crippen LogP contribution in [-0.4, -0.2) is 12.2 Å². The van der Waals surface area contributed by atoms with Crippen LogP contribution >= 0.6 is 0 Å². The predicted octanol–water partition coefficient (Wildman–Crippen LogP) is 2.40. The van der Waals surface area contributed by atoms with Crippen LogP contribution in [0.1, 0.15) is 11.3 Å². The number of aromatic hydroxyl groups is 1. The minimum atomic E-state index is 0.162. The number of rotatable bonds is 3. The number of hydrogen-bond acceptors (Lipinski definition) is 2. The van der Waals surface area contributed by atoms with Crippen LogP contribution in [0.3, 0.4) is 0 Å². The van der Waals surface area contributed by atoms with Crippen molar-refractivity contribution in [2.24, 2.45) is 7.05 Å². The summed E-state index contributed by atoms with van der Waals surface area (Å²) in [6.07, 6.45) is 5.80. The third-order valence-electron chi connectivity index (χ3n) is 2.78. The summed E-state index contributed by atoms with van der Waals surface area (Å²) >= 11 is 0. The maximum absolute atomic E-state index is 9.95. The highest BCUT2D eigenvalue weighted by atomic mass is 16.5. The lowest BCUT2D eigenvalue weighted by molar-refractivity contribution is -0.673. The fourth-order valence-electron chi connectivity index (χ4n) is 1.72. The van der Waals surface area contributed by atoms with Gasteiger partial charge in [-0.1, -0.05) is 12.1 Å². The van der Waals surface area contributed by atoms with E-state index in [0.717, 1.165) is 11.3 Å². The molecule has 3 heteroatoms. The maximum Gasteiger partial charge on any atom is 0.204 e. The fraction of sp³-hybridized carbons (Fsp3) is 0.133. The van der Waals surface area contributed by atoms with E-state index in [1.165, 1.54) is 0 Å². The van der Waals surface area contributed by atoms with Gasteiger partial charge in [-0.05, 0) is 18.2 Å². The van der Waals surface area contributed by atoms with Crippen molar-refractivity contribution in [3.05, 3.63) is 53.9 Å². The largest absolute Gasteiger partial charge is 0.504 e. The minimum absolute atomic E-state index is 0.162. The molecular formula is C15H16NO2+. The number of nitrogens with zero attached hydrogens (tertiary/aromatic N) is 1. The molecule has 1 N–H and O–H groups in total. The summed E-state index contributed by atoms with van der Waals surface area (Å²) < 4.78 is 7.08. The zero-order valence-corrected chi connectivity index (χ0v) is 10.5. The van der Waals surface area contributed by atoms with Crippen LogP contribution in [0.4, 0.5) is 0 Å². The number of phenolic OH excluding ortho intramolecular Hbond substituents is 1. The molecular weight excluding hydrogens is 226 g/mol. The van der Waals surface area contributed by atoms with E-state index in [0.29, 0.717) is 5.75 Å². The molecule has 0 radical (unpaired) electrons. The molecule has 0 aliphatic carbocycles. The number of pyridine rings is 1. The highest BCUT2D eigenvalue weighted by Crippen LogP contribution is 2.30. The van der Waals surface area contributed by atoms with Gasteiger partial charge in [-0.15, -0.1) is 0 Å². The smallest absolute Gasteiger partial charge is 0.204 e. The lowest BCUT2D eigenvalue weighted by atomic mass is 10.1. The van der Waals surface area contributed by atoms with Gasteiger partial charge in [0, 0.05) is 23.8 Å². The van der Waals surface area contributed by atoms with Gasteiger partial charge in [-0.2, -0.15) is 0 Å². The third kappa shape index (κ3) is 2.51. The Hall–Kier alpha value is -2.29. The zero-order valence-electron chi connectivity index (χ0n) is 10.5. The molecule has 18 heavy (non-hydrogen) atoms. The summed E-state index contributed by atoms with van der Waals surface area (Å²) in [5, 5.41) is 9.95. The van der Waals surface area contributed by atoms with Crippen molar-refractivity contribution in [3.8, 4) is 11.5 Å². The first kappa shape index (κ1) is 12.2. The summed E-state index contributed by atoms with van der Waals surface area (Å²) in [6, 6.07) is 11.4. The van der Waals surface area contributed by atoms with Crippen molar-refractivity contribution in [2.75, 3.05) is 7.11 Å². The zero-order chi connectivity index (χ0) is 13.0. The molecule has 1 heterocycles. The molecule has 0 spiro atoms. The summed E-state index contributed by atoms with van der Waals surface area (Å²) in [5.74, 6) is 0.643. The van der Waals surface area contributed by atoms with Crippen LogP contribution < -0.4 is 9.30 Å². The molecule has 0 saturated carbocycles. The van der Waals surface area contributed by atoms with Crippen molar-refractivity contribution in [2.45, 2.75) is 0 Å². The number of methoxy groups -OCH3 is 1. The topological polar surface area (TPSA) is 33.3 Å². The normalized spacial score (nSPS) is 10.8. The minimum Gasteiger partial charge on any atom is -0.504 e. The molecule has 0 aliphatic heterocycles. The first-order valence-electron chi connectivity index (χ1n) is 5.71. The Morgan fingerprint density at radius 3 is 2.67 bits per heavy atom. The molecule has 92 valence electrons. The molecule has 0 amide bonds. The quantitative estimate of drug-likeness (QED) is 0.838. The van der Waals surface area contributed by atoms with Gasteiger partial charge in [-0.3, -0.25) is 0 Å². The van der Waals surface area contributed by atoms with Gasteiger partial charge in [0.2, 0.25) is 5.69 Å². The second-order valence-electron chi connectivity index (χ2n) is 3.97. The van der Waals surface area contributed by atoms with E-state index in [2.05, 4.69) is 0 Å². The summed E-state index contributed by atoms with van der Waals surface area (Å²) in [7, 11) is 3.52. The highest BCUT2D eigenvalue weighted by Gasteiger charge is 2.05. The molecule has 0 atom stereocenters. The van der Waals surface area contributed by atoms with E-state index in [4.69, 9.17) is 4.74 Å². The van der Waals surface area contributed by atoms with Crippen molar-refractivity contribution in [1.29, 1.82) is 0 Å². The van der Waals surface area contributed by atoms with E-state index >= 15 is 0 Å².